The van der Waals surface area contributed by atoms with Crippen LogP contribution in [0.25, 0.3) is 5.69 Å². The van der Waals surface area contributed by atoms with E-state index >= 15 is 0 Å². The molecule has 0 fully saturated rings. The third kappa shape index (κ3) is 5.00. The summed E-state index contributed by atoms with van der Waals surface area (Å²) in [6.45, 7) is 9.14. The second-order valence-corrected chi connectivity index (χ2v) is 6.72. The van der Waals surface area contributed by atoms with Crippen molar-refractivity contribution in [3.05, 3.63) is 52.8 Å². The summed E-state index contributed by atoms with van der Waals surface area (Å²) >= 11 is 0. The summed E-state index contributed by atoms with van der Waals surface area (Å²) in [5, 5.41) is 5.11. The van der Waals surface area contributed by atoms with Crippen LogP contribution in [0.15, 0.2) is 30.3 Å². The number of hydrogen-bond donors (Lipinski definition) is 2. The summed E-state index contributed by atoms with van der Waals surface area (Å²) in [6.07, 6.45) is 0. The Morgan fingerprint density at radius 1 is 1.14 bits per heavy atom. The van der Waals surface area contributed by atoms with Gasteiger partial charge < -0.3 is 19.9 Å². The zero-order chi connectivity index (χ0) is 20.8. The van der Waals surface area contributed by atoms with E-state index in [-0.39, 0.29) is 5.91 Å². The molecule has 1 aromatic carbocycles. The van der Waals surface area contributed by atoms with Crippen LogP contribution in [0.4, 0.5) is 0 Å². The molecular weight excluding hydrogens is 358 g/mol. The molecule has 0 bridgehead atoms. The Balaban J connectivity index is 2.04. The molecule has 0 aliphatic heterocycles. The standard InChI is InChI=1S/C21H27N3O4/c1-6-22-20(26)15(4)23-19(25)12-28-21(27)18-11-14(3)24(16(18)5)17-9-7-8-13(2)10-17/h7-11,15H,6,12H2,1-5H3,(H,22,26)(H,23,25)/t15-/m0/s1. The number of aromatic nitrogens is 1. The van der Waals surface area contributed by atoms with Crippen LogP contribution in [0.2, 0.25) is 0 Å². The summed E-state index contributed by atoms with van der Waals surface area (Å²) in [5.74, 6) is -1.39. The average molecular weight is 385 g/mol. The number of nitrogens with one attached hydrogen (secondary N) is 2. The van der Waals surface area contributed by atoms with Gasteiger partial charge in [-0.2, -0.15) is 0 Å². The Labute approximate surface area is 165 Å². The summed E-state index contributed by atoms with van der Waals surface area (Å²) in [4.78, 5) is 36.0. The molecule has 0 unspecified atom stereocenters. The van der Waals surface area contributed by atoms with Gasteiger partial charge in [0.25, 0.3) is 5.91 Å². The van der Waals surface area contributed by atoms with Crippen LogP contribution in [0, 0.1) is 20.8 Å². The molecule has 2 N–H and O–H groups in total. The van der Waals surface area contributed by atoms with Crippen molar-refractivity contribution in [2.45, 2.75) is 40.7 Å². The van der Waals surface area contributed by atoms with E-state index in [2.05, 4.69) is 10.6 Å². The van der Waals surface area contributed by atoms with Gasteiger partial charge in [0, 0.05) is 23.6 Å². The Hall–Kier alpha value is -3.09. The Morgan fingerprint density at radius 3 is 2.50 bits per heavy atom. The van der Waals surface area contributed by atoms with Crippen molar-refractivity contribution in [1.82, 2.24) is 15.2 Å². The number of hydrogen-bond acceptors (Lipinski definition) is 4. The average Bonchev–Trinajstić information content (AvgIpc) is 2.94. The van der Waals surface area contributed by atoms with Crippen LogP contribution < -0.4 is 10.6 Å². The van der Waals surface area contributed by atoms with E-state index in [1.54, 1.807) is 19.9 Å². The first-order chi connectivity index (χ1) is 13.2. The lowest BCUT2D eigenvalue weighted by molar-refractivity contribution is -0.130. The predicted octanol–water partition coefficient (Wildman–Crippen LogP) is 2.20. The number of rotatable bonds is 7. The molecule has 7 heteroatoms. The number of ether oxygens (including phenoxy) is 1. The third-order valence-corrected chi connectivity index (χ3v) is 4.37. The lowest BCUT2D eigenvalue weighted by Gasteiger charge is -2.13. The first kappa shape index (κ1) is 21.2. The van der Waals surface area contributed by atoms with Crippen LogP contribution >= 0.6 is 0 Å². The summed E-state index contributed by atoms with van der Waals surface area (Å²) in [6, 6.07) is 9.02. The van der Waals surface area contributed by atoms with Gasteiger partial charge in [-0.1, -0.05) is 12.1 Å². The molecule has 2 aromatic rings. The molecule has 0 aliphatic carbocycles. The maximum absolute atomic E-state index is 12.5. The van der Waals surface area contributed by atoms with Gasteiger partial charge in [-0.25, -0.2) is 4.79 Å². The molecule has 2 rings (SSSR count). The number of carbonyl (C=O) groups is 3. The van der Waals surface area contributed by atoms with Gasteiger partial charge in [0.05, 0.1) is 5.56 Å². The fraction of sp³-hybridized carbons (Fsp3) is 0.381. The van der Waals surface area contributed by atoms with Gasteiger partial charge in [-0.05, 0) is 58.4 Å². The van der Waals surface area contributed by atoms with E-state index in [0.717, 1.165) is 22.6 Å². The van der Waals surface area contributed by atoms with Crippen LogP contribution in [0.3, 0.4) is 0 Å². The number of benzene rings is 1. The fourth-order valence-electron chi connectivity index (χ4n) is 3.02. The maximum atomic E-state index is 12.5. The SMILES string of the molecule is CCNC(=O)[C@H](C)NC(=O)COC(=O)c1cc(C)n(-c2cccc(C)c2)c1C. The minimum atomic E-state index is -0.697. The van der Waals surface area contributed by atoms with Crippen molar-refractivity contribution in [2.24, 2.45) is 0 Å². The number of aryl methyl sites for hydroxylation is 2. The maximum Gasteiger partial charge on any atom is 0.340 e. The van der Waals surface area contributed by atoms with Crippen molar-refractivity contribution in [2.75, 3.05) is 13.2 Å². The summed E-state index contributed by atoms with van der Waals surface area (Å²) in [5.41, 5.74) is 4.12. The van der Waals surface area contributed by atoms with Gasteiger partial charge in [0.15, 0.2) is 6.61 Å². The zero-order valence-electron chi connectivity index (χ0n) is 17.0. The molecule has 1 atom stereocenters. The Kier molecular flexibility index (Phi) is 6.98. The number of carbonyl (C=O) groups excluding carboxylic acids is 3. The molecule has 2 amide bonds. The van der Waals surface area contributed by atoms with E-state index in [9.17, 15) is 14.4 Å². The highest BCUT2D eigenvalue weighted by Gasteiger charge is 2.20. The number of esters is 1. The predicted molar refractivity (Wildman–Crippen MR) is 107 cm³/mol. The van der Waals surface area contributed by atoms with E-state index in [1.807, 2.05) is 49.6 Å². The molecule has 0 radical (unpaired) electrons. The lowest BCUT2D eigenvalue weighted by Crippen LogP contribution is -2.46. The topological polar surface area (TPSA) is 89.4 Å². The number of amides is 2. The van der Waals surface area contributed by atoms with Crippen molar-refractivity contribution < 1.29 is 19.1 Å². The Bertz CT molecular complexity index is 886. The second-order valence-electron chi connectivity index (χ2n) is 6.72. The van der Waals surface area contributed by atoms with Crippen molar-refractivity contribution in [3.8, 4) is 5.69 Å². The minimum absolute atomic E-state index is 0.288. The molecule has 1 heterocycles. The fourth-order valence-corrected chi connectivity index (χ4v) is 3.02. The lowest BCUT2D eigenvalue weighted by atomic mass is 10.2. The molecular formula is C21H27N3O4. The molecule has 0 saturated heterocycles. The van der Waals surface area contributed by atoms with Crippen LogP contribution in [0.5, 0.6) is 0 Å². The number of likely N-dealkylation sites (N-methyl/N-ethyl adjacent to an activating group) is 1. The highest BCUT2D eigenvalue weighted by Crippen LogP contribution is 2.22. The molecule has 28 heavy (non-hydrogen) atoms. The highest BCUT2D eigenvalue weighted by molar-refractivity contribution is 5.93. The van der Waals surface area contributed by atoms with E-state index in [0.29, 0.717) is 12.1 Å². The first-order valence-electron chi connectivity index (χ1n) is 9.24. The zero-order valence-corrected chi connectivity index (χ0v) is 17.0. The monoisotopic (exact) mass is 385 g/mol. The Morgan fingerprint density at radius 2 is 1.86 bits per heavy atom. The second kappa shape index (κ2) is 9.21. The van der Waals surface area contributed by atoms with E-state index in [1.165, 1.54) is 0 Å². The molecule has 150 valence electrons. The van der Waals surface area contributed by atoms with E-state index in [4.69, 9.17) is 4.74 Å². The third-order valence-electron chi connectivity index (χ3n) is 4.37. The molecule has 1 aromatic heterocycles. The highest BCUT2D eigenvalue weighted by atomic mass is 16.5. The van der Waals surface area contributed by atoms with Crippen molar-refractivity contribution >= 4 is 17.8 Å². The van der Waals surface area contributed by atoms with Gasteiger partial charge in [-0.15, -0.1) is 0 Å². The smallest absolute Gasteiger partial charge is 0.340 e. The van der Waals surface area contributed by atoms with Gasteiger partial charge >= 0.3 is 5.97 Å². The minimum Gasteiger partial charge on any atom is -0.452 e. The van der Waals surface area contributed by atoms with Gasteiger partial charge in [0.1, 0.15) is 6.04 Å². The van der Waals surface area contributed by atoms with Gasteiger partial charge in [0.2, 0.25) is 5.91 Å². The van der Waals surface area contributed by atoms with Crippen molar-refractivity contribution in [3.63, 3.8) is 0 Å². The van der Waals surface area contributed by atoms with Crippen LogP contribution in [-0.4, -0.2) is 41.5 Å². The molecule has 0 aliphatic rings. The molecule has 7 nitrogen and oxygen atoms in total. The van der Waals surface area contributed by atoms with Crippen molar-refractivity contribution in [1.29, 1.82) is 0 Å². The number of nitrogens with zero attached hydrogens (tertiary/aromatic N) is 1. The molecule has 0 saturated carbocycles. The largest absolute Gasteiger partial charge is 0.452 e. The first-order valence-corrected chi connectivity index (χ1v) is 9.24. The normalized spacial score (nSPS) is 11.6. The van der Waals surface area contributed by atoms with E-state index < -0.39 is 24.5 Å². The summed E-state index contributed by atoms with van der Waals surface area (Å²) in [7, 11) is 0. The summed E-state index contributed by atoms with van der Waals surface area (Å²) < 4.78 is 7.12. The molecule has 0 spiro atoms. The van der Waals surface area contributed by atoms with Crippen LogP contribution in [0.1, 0.15) is 41.2 Å². The quantitative estimate of drug-likeness (QED) is 0.715. The van der Waals surface area contributed by atoms with Crippen LogP contribution in [-0.2, 0) is 14.3 Å². The van der Waals surface area contributed by atoms with Gasteiger partial charge in [-0.3, -0.25) is 9.59 Å².